The maximum Gasteiger partial charge on any atom is 0.306 e. The van der Waals surface area contributed by atoms with Crippen molar-refractivity contribution in [2.75, 3.05) is 25.1 Å². The molecule has 0 saturated carbocycles. The number of aryl methyl sites for hydroxylation is 1. The minimum Gasteiger partial charge on any atom is -0.416 e. The molecule has 0 radical (unpaired) electrons. The molecule has 6 rings (SSSR count). The summed E-state index contributed by atoms with van der Waals surface area (Å²) in [5.74, 6) is -0.148. The molecule has 5 heterocycles. The van der Waals surface area contributed by atoms with Crippen LogP contribution in [0.4, 0.5) is 11.6 Å². The van der Waals surface area contributed by atoms with Gasteiger partial charge in [0.05, 0.1) is 30.1 Å². The molecule has 2 aliphatic rings. The molecule has 0 aliphatic carbocycles. The highest BCUT2D eigenvalue weighted by Crippen LogP contribution is 2.36. The number of aromatic nitrogens is 6. The molecule has 0 bridgehead atoms. The molecule has 1 amide bonds. The van der Waals surface area contributed by atoms with Gasteiger partial charge in [0.1, 0.15) is 0 Å². The van der Waals surface area contributed by atoms with Crippen LogP contribution in [0.15, 0.2) is 47.3 Å². The summed E-state index contributed by atoms with van der Waals surface area (Å²) < 4.78 is 13.2. The summed E-state index contributed by atoms with van der Waals surface area (Å²) in [6.45, 7) is 5.92. The van der Waals surface area contributed by atoms with Gasteiger partial charge in [-0.2, -0.15) is 5.10 Å². The quantitative estimate of drug-likeness (QED) is 0.376. The Morgan fingerprint density at radius 2 is 2.16 bits per heavy atom. The summed E-state index contributed by atoms with van der Waals surface area (Å²) in [6, 6.07) is 8.57. The van der Waals surface area contributed by atoms with Crippen LogP contribution in [0.2, 0.25) is 0 Å². The van der Waals surface area contributed by atoms with Crippen LogP contribution in [-0.4, -0.2) is 66.6 Å². The van der Waals surface area contributed by atoms with Crippen molar-refractivity contribution in [3.63, 3.8) is 0 Å². The van der Waals surface area contributed by atoms with Gasteiger partial charge >= 0.3 is 11.8 Å². The smallest absolute Gasteiger partial charge is 0.306 e. The number of carbonyl (C=O) groups excluding carboxylic acids is 1. The van der Waals surface area contributed by atoms with Crippen LogP contribution in [0, 0.1) is 0 Å². The zero-order chi connectivity index (χ0) is 26.1. The second kappa shape index (κ2) is 10.3. The highest BCUT2D eigenvalue weighted by Gasteiger charge is 2.32. The van der Waals surface area contributed by atoms with Crippen molar-refractivity contribution in [2.45, 2.75) is 44.8 Å². The molecule has 3 aromatic heterocycles. The predicted octanol–water partition coefficient (Wildman–Crippen LogP) is 2.71. The Balaban J connectivity index is 1.33. The normalized spacial score (nSPS) is 19.7. The number of amides is 1. The Morgan fingerprint density at radius 3 is 2.92 bits per heavy atom. The van der Waals surface area contributed by atoms with Gasteiger partial charge in [-0.25, -0.2) is 9.97 Å². The number of rotatable bonds is 7. The van der Waals surface area contributed by atoms with Gasteiger partial charge < -0.3 is 20.2 Å². The zero-order valence-corrected chi connectivity index (χ0v) is 21.1. The lowest BCUT2D eigenvalue weighted by atomic mass is 9.91. The fraction of sp³-hybridized carbons (Fsp3) is 0.385. The van der Waals surface area contributed by atoms with Crippen LogP contribution in [0.3, 0.4) is 0 Å². The first kappa shape index (κ1) is 24.2. The third-order valence-corrected chi connectivity index (χ3v) is 7.13. The molecule has 12 heteroatoms. The van der Waals surface area contributed by atoms with Gasteiger partial charge in [-0.05, 0) is 49.6 Å². The largest absolute Gasteiger partial charge is 0.416 e. The number of ether oxygens (including phenoxy) is 1. The van der Waals surface area contributed by atoms with Gasteiger partial charge in [-0.1, -0.05) is 12.1 Å². The maximum atomic E-state index is 11.6. The summed E-state index contributed by atoms with van der Waals surface area (Å²) in [6.07, 6.45) is 7.19. The fourth-order valence-electron chi connectivity index (χ4n) is 5.15. The number of benzene rings is 1. The van der Waals surface area contributed by atoms with E-state index in [-0.39, 0.29) is 11.8 Å². The average molecular weight is 516 g/mol. The fourth-order valence-corrected chi connectivity index (χ4v) is 5.15. The van der Waals surface area contributed by atoms with Gasteiger partial charge in [-0.15, -0.1) is 10.2 Å². The van der Waals surface area contributed by atoms with Crippen molar-refractivity contribution in [1.29, 1.82) is 0 Å². The number of anilines is 2. The second-order valence-electron chi connectivity index (χ2n) is 9.53. The summed E-state index contributed by atoms with van der Waals surface area (Å²) in [5.41, 5.74) is 10.2. The molecule has 38 heavy (non-hydrogen) atoms. The van der Waals surface area contributed by atoms with Crippen molar-refractivity contribution in [1.82, 2.24) is 34.8 Å². The van der Waals surface area contributed by atoms with Crippen LogP contribution in [-0.2, 0) is 17.8 Å². The minimum atomic E-state index is -0.729. The van der Waals surface area contributed by atoms with E-state index in [4.69, 9.17) is 19.9 Å². The average Bonchev–Trinajstić information content (AvgIpc) is 3.70. The van der Waals surface area contributed by atoms with Gasteiger partial charge in [-0.3, -0.25) is 14.4 Å². The number of primary amides is 1. The van der Waals surface area contributed by atoms with E-state index < -0.39 is 5.91 Å². The Labute approximate surface area is 219 Å². The summed E-state index contributed by atoms with van der Waals surface area (Å²) in [7, 11) is 0. The summed E-state index contributed by atoms with van der Waals surface area (Å²) >= 11 is 0. The highest BCUT2D eigenvalue weighted by atomic mass is 16.5. The molecule has 0 spiro atoms. The van der Waals surface area contributed by atoms with E-state index in [9.17, 15) is 4.79 Å². The van der Waals surface area contributed by atoms with Crippen molar-refractivity contribution in [2.24, 2.45) is 5.73 Å². The van der Waals surface area contributed by atoms with Gasteiger partial charge in [0.15, 0.2) is 0 Å². The third kappa shape index (κ3) is 4.87. The van der Waals surface area contributed by atoms with E-state index in [1.807, 2.05) is 29.9 Å². The Hall–Kier alpha value is -4.16. The van der Waals surface area contributed by atoms with Crippen LogP contribution >= 0.6 is 0 Å². The Kier molecular flexibility index (Phi) is 6.56. The molecular weight excluding hydrogens is 486 g/mol. The van der Waals surface area contributed by atoms with Gasteiger partial charge in [0, 0.05) is 43.7 Å². The van der Waals surface area contributed by atoms with E-state index >= 15 is 0 Å². The molecule has 12 nitrogen and oxygen atoms in total. The first-order valence-corrected chi connectivity index (χ1v) is 12.8. The lowest BCUT2D eigenvalue weighted by Crippen LogP contribution is -2.35. The minimum absolute atomic E-state index is 0.148. The molecule has 3 N–H and O–H groups in total. The summed E-state index contributed by atoms with van der Waals surface area (Å²) in [4.78, 5) is 23.2. The molecular formula is C26H29N9O3. The first-order chi connectivity index (χ1) is 18.6. The number of carbonyl (C=O) groups is 1. The monoisotopic (exact) mass is 515 g/mol. The number of nitrogens with two attached hydrogens (primary N) is 1. The zero-order valence-electron chi connectivity index (χ0n) is 21.1. The van der Waals surface area contributed by atoms with E-state index in [1.54, 1.807) is 12.4 Å². The molecule has 2 aliphatic heterocycles. The number of nitrogens with one attached hydrogen (secondary N) is 1. The van der Waals surface area contributed by atoms with Crippen molar-refractivity contribution in [3.05, 3.63) is 65.8 Å². The predicted molar refractivity (Wildman–Crippen MR) is 138 cm³/mol. The third-order valence-electron chi connectivity index (χ3n) is 7.13. The first-order valence-electron chi connectivity index (χ1n) is 12.8. The molecule has 1 aromatic carbocycles. The lowest BCUT2D eigenvalue weighted by molar-refractivity contribution is 0.0964. The standard InChI is InChI=1S/C26H29N9O3/c1-2-35-14-18(12-29-35)30-26-28-8-5-22(31-26)16-3-4-20-17(11-16)13-34(19-7-10-37-15-19)9-6-21(20)24-32-33-25(38-24)23(27)36/h3-5,8,11-12,14,19,21H,2,6-7,9-10,13,15H2,1H3,(H2,27,36)(H,28,30,31)/t19-,21+/m0/s1. The van der Waals surface area contributed by atoms with Crippen molar-refractivity contribution >= 4 is 17.5 Å². The van der Waals surface area contributed by atoms with Crippen molar-refractivity contribution in [3.8, 4) is 11.3 Å². The number of fused-ring (bicyclic) bond motifs is 1. The van der Waals surface area contributed by atoms with E-state index in [1.165, 1.54) is 0 Å². The molecule has 1 fully saturated rings. The van der Waals surface area contributed by atoms with E-state index in [0.29, 0.717) is 17.9 Å². The van der Waals surface area contributed by atoms with Gasteiger partial charge in [0.2, 0.25) is 11.8 Å². The SMILES string of the molecule is CCn1cc(Nc2nccc(-c3ccc4c(c3)CN([C@H]3CCOC3)CC[C@H]4c3nnc(C(N)=O)o3)n2)cn1. The topological polar surface area (TPSA) is 150 Å². The Bertz CT molecular complexity index is 1440. The molecule has 196 valence electrons. The van der Waals surface area contributed by atoms with Gasteiger partial charge in [0.25, 0.3) is 0 Å². The number of nitrogens with zero attached hydrogens (tertiary/aromatic N) is 7. The summed E-state index contributed by atoms with van der Waals surface area (Å²) in [5, 5.41) is 15.5. The Morgan fingerprint density at radius 1 is 1.24 bits per heavy atom. The van der Waals surface area contributed by atoms with Crippen LogP contribution in [0.25, 0.3) is 11.3 Å². The second-order valence-corrected chi connectivity index (χ2v) is 9.53. The highest BCUT2D eigenvalue weighted by molar-refractivity contribution is 5.87. The van der Waals surface area contributed by atoms with Crippen molar-refractivity contribution < 1.29 is 13.9 Å². The lowest BCUT2D eigenvalue weighted by Gasteiger charge is -2.26. The molecule has 1 saturated heterocycles. The van der Waals surface area contributed by atoms with Crippen LogP contribution < -0.4 is 11.1 Å². The number of hydrogen-bond donors (Lipinski definition) is 2. The molecule has 2 atom stereocenters. The molecule has 0 unspecified atom stereocenters. The van der Waals surface area contributed by atoms with E-state index in [0.717, 1.165) is 73.8 Å². The number of hydrogen-bond acceptors (Lipinski definition) is 10. The van der Waals surface area contributed by atoms with Crippen LogP contribution in [0.5, 0.6) is 0 Å². The maximum absolute atomic E-state index is 11.6. The molecule has 4 aromatic rings. The van der Waals surface area contributed by atoms with Crippen LogP contribution in [0.1, 0.15) is 53.4 Å². The van der Waals surface area contributed by atoms with E-state index in [2.05, 4.69) is 42.6 Å².